The minimum Gasteiger partial charge on any atom is -0.331 e. The monoisotopic (exact) mass is 224 g/mol. The third-order valence-corrected chi connectivity index (χ3v) is 3.33. The fourth-order valence-electron chi connectivity index (χ4n) is 1.54. The highest BCUT2D eigenvalue weighted by atomic mass is 15.2. The van der Waals surface area contributed by atoms with Gasteiger partial charge in [-0.05, 0) is 34.4 Å². The van der Waals surface area contributed by atoms with Gasteiger partial charge in [-0.15, -0.1) is 0 Å². The van der Waals surface area contributed by atoms with E-state index in [1.165, 1.54) is 0 Å². The molecule has 16 heavy (non-hydrogen) atoms. The Morgan fingerprint density at radius 2 is 2.12 bits per heavy atom. The molecule has 0 spiro atoms. The van der Waals surface area contributed by atoms with Gasteiger partial charge in [-0.25, -0.2) is 4.98 Å². The Morgan fingerprint density at radius 1 is 1.50 bits per heavy atom. The largest absolute Gasteiger partial charge is 0.331 e. The van der Waals surface area contributed by atoms with Crippen LogP contribution in [0.25, 0.3) is 0 Å². The number of rotatable bonds is 5. The van der Waals surface area contributed by atoms with E-state index in [1.54, 1.807) is 0 Å². The zero-order chi connectivity index (χ0) is 12.3. The second kappa shape index (κ2) is 4.97. The van der Waals surface area contributed by atoms with Crippen LogP contribution in [0.5, 0.6) is 0 Å². The lowest BCUT2D eigenvalue weighted by Crippen LogP contribution is -2.42. The lowest BCUT2D eigenvalue weighted by Gasteiger charge is -2.33. The topological polar surface area (TPSA) is 47.1 Å². The van der Waals surface area contributed by atoms with Gasteiger partial charge in [0.05, 0.1) is 12.0 Å². The molecule has 0 unspecified atom stereocenters. The molecule has 0 aliphatic carbocycles. The van der Waals surface area contributed by atoms with Crippen molar-refractivity contribution in [1.82, 2.24) is 14.5 Å². The third-order valence-electron chi connectivity index (χ3n) is 3.33. The van der Waals surface area contributed by atoms with Crippen LogP contribution in [0.15, 0.2) is 12.5 Å². The van der Waals surface area contributed by atoms with Gasteiger partial charge < -0.3 is 15.2 Å². The highest BCUT2D eigenvalue weighted by molar-refractivity contribution is 5.05. The van der Waals surface area contributed by atoms with E-state index in [4.69, 9.17) is 5.73 Å². The molecule has 4 nitrogen and oxygen atoms in total. The van der Waals surface area contributed by atoms with Crippen LogP contribution in [0.4, 0.5) is 0 Å². The first-order chi connectivity index (χ1) is 7.38. The number of imidazole rings is 1. The molecule has 0 saturated carbocycles. The molecular weight excluding hydrogens is 200 g/mol. The molecule has 1 atom stereocenters. The van der Waals surface area contributed by atoms with Crippen molar-refractivity contribution in [3.8, 4) is 0 Å². The van der Waals surface area contributed by atoms with Crippen molar-refractivity contribution in [2.75, 3.05) is 14.1 Å². The van der Waals surface area contributed by atoms with E-state index in [9.17, 15) is 0 Å². The summed E-state index contributed by atoms with van der Waals surface area (Å²) in [6.45, 7) is 7.44. The predicted molar refractivity (Wildman–Crippen MR) is 67.2 cm³/mol. The Balaban J connectivity index is 2.86. The molecule has 1 aromatic heterocycles. The van der Waals surface area contributed by atoms with E-state index in [1.807, 2.05) is 12.5 Å². The number of nitrogens with zero attached hydrogens (tertiary/aromatic N) is 3. The zero-order valence-corrected chi connectivity index (χ0v) is 11.1. The molecule has 0 bridgehead atoms. The molecule has 0 radical (unpaired) electrons. The summed E-state index contributed by atoms with van der Waals surface area (Å²) in [6.07, 6.45) is 4.68. The first-order valence-corrected chi connectivity index (χ1v) is 5.81. The summed E-state index contributed by atoms with van der Waals surface area (Å²) in [7, 11) is 4.19. The summed E-state index contributed by atoms with van der Waals surface area (Å²) in [5, 5.41) is 0. The molecule has 0 saturated heterocycles. The SMILES string of the molecule is CC[C@@H](N)c1cncn1CC(C)(C)N(C)C. The molecular formula is C12H24N4. The van der Waals surface area contributed by atoms with Gasteiger partial charge in [0.2, 0.25) is 0 Å². The third kappa shape index (κ3) is 2.83. The molecule has 0 aromatic carbocycles. The maximum absolute atomic E-state index is 6.06. The van der Waals surface area contributed by atoms with E-state index in [-0.39, 0.29) is 11.6 Å². The lowest BCUT2D eigenvalue weighted by molar-refractivity contribution is 0.167. The Labute approximate surface area is 98.5 Å². The number of likely N-dealkylation sites (N-methyl/N-ethyl adjacent to an activating group) is 1. The molecule has 92 valence electrons. The highest BCUT2D eigenvalue weighted by Crippen LogP contribution is 2.18. The van der Waals surface area contributed by atoms with Crippen molar-refractivity contribution < 1.29 is 0 Å². The summed E-state index contributed by atoms with van der Waals surface area (Å²) in [5.41, 5.74) is 7.28. The van der Waals surface area contributed by atoms with E-state index in [2.05, 4.69) is 49.3 Å². The Kier molecular flexibility index (Phi) is 4.10. The van der Waals surface area contributed by atoms with Gasteiger partial charge in [-0.2, -0.15) is 0 Å². The molecule has 0 aliphatic rings. The summed E-state index contributed by atoms with van der Waals surface area (Å²) >= 11 is 0. The molecule has 1 heterocycles. The standard InChI is InChI=1S/C12H24N4/c1-6-10(13)11-7-14-9-16(11)8-12(2,3)15(4)5/h7,9-10H,6,8,13H2,1-5H3/t10-/m1/s1. The minimum absolute atomic E-state index is 0.0838. The predicted octanol–water partition coefficient (Wildman–Crippen LogP) is 1.63. The quantitative estimate of drug-likeness (QED) is 0.827. The van der Waals surface area contributed by atoms with Crippen LogP contribution in [-0.4, -0.2) is 34.1 Å². The van der Waals surface area contributed by atoms with Crippen molar-refractivity contribution in [2.45, 2.75) is 45.3 Å². The molecule has 0 fully saturated rings. The smallest absolute Gasteiger partial charge is 0.0949 e. The lowest BCUT2D eigenvalue weighted by atomic mass is 10.0. The fraction of sp³-hybridized carbons (Fsp3) is 0.750. The molecule has 4 heteroatoms. The minimum atomic E-state index is 0.0838. The summed E-state index contributed by atoms with van der Waals surface area (Å²) in [4.78, 5) is 6.42. The summed E-state index contributed by atoms with van der Waals surface area (Å²) in [5.74, 6) is 0. The zero-order valence-electron chi connectivity index (χ0n) is 11.1. The van der Waals surface area contributed by atoms with Crippen LogP contribution in [0.1, 0.15) is 38.9 Å². The fourth-order valence-corrected chi connectivity index (χ4v) is 1.54. The normalized spacial score (nSPS) is 14.4. The summed E-state index contributed by atoms with van der Waals surface area (Å²) < 4.78 is 2.16. The van der Waals surface area contributed by atoms with Crippen molar-refractivity contribution in [1.29, 1.82) is 0 Å². The van der Waals surface area contributed by atoms with E-state index in [0.29, 0.717) is 0 Å². The van der Waals surface area contributed by atoms with Gasteiger partial charge in [-0.3, -0.25) is 0 Å². The first-order valence-electron chi connectivity index (χ1n) is 5.81. The number of hydrogen-bond donors (Lipinski definition) is 1. The van der Waals surface area contributed by atoms with Crippen LogP contribution in [0.3, 0.4) is 0 Å². The van der Waals surface area contributed by atoms with Crippen LogP contribution in [0.2, 0.25) is 0 Å². The first kappa shape index (κ1) is 13.2. The Morgan fingerprint density at radius 3 is 2.62 bits per heavy atom. The van der Waals surface area contributed by atoms with E-state index >= 15 is 0 Å². The molecule has 1 rings (SSSR count). The number of nitrogens with two attached hydrogens (primary N) is 1. The van der Waals surface area contributed by atoms with Gasteiger partial charge >= 0.3 is 0 Å². The van der Waals surface area contributed by atoms with Gasteiger partial charge in [0.25, 0.3) is 0 Å². The second-order valence-electron chi connectivity index (χ2n) is 5.17. The average Bonchev–Trinajstić information content (AvgIpc) is 2.63. The Bertz CT molecular complexity index is 328. The molecule has 0 amide bonds. The van der Waals surface area contributed by atoms with Crippen LogP contribution >= 0.6 is 0 Å². The molecule has 1 aromatic rings. The van der Waals surface area contributed by atoms with E-state index < -0.39 is 0 Å². The van der Waals surface area contributed by atoms with Gasteiger partial charge in [-0.1, -0.05) is 6.92 Å². The maximum atomic E-state index is 6.06. The van der Waals surface area contributed by atoms with Gasteiger partial charge in [0.1, 0.15) is 0 Å². The molecule has 0 aliphatic heterocycles. The van der Waals surface area contributed by atoms with Gasteiger partial charge in [0, 0.05) is 24.3 Å². The summed E-state index contributed by atoms with van der Waals surface area (Å²) in [6, 6.07) is 0.0838. The number of hydrogen-bond acceptors (Lipinski definition) is 3. The second-order valence-corrected chi connectivity index (χ2v) is 5.17. The number of aromatic nitrogens is 2. The van der Waals surface area contributed by atoms with Gasteiger partial charge in [0.15, 0.2) is 0 Å². The molecule has 2 N–H and O–H groups in total. The van der Waals surface area contributed by atoms with Crippen LogP contribution in [0, 0.1) is 0 Å². The van der Waals surface area contributed by atoms with E-state index in [0.717, 1.165) is 18.7 Å². The average molecular weight is 224 g/mol. The van der Waals surface area contributed by atoms with Crippen LogP contribution in [-0.2, 0) is 6.54 Å². The van der Waals surface area contributed by atoms with Crippen LogP contribution < -0.4 is 5.73 Å². The maximum Gasteiger partial charge on any atom is 0.0949 e. The highest BCUT2D eigenvalue weighted by Gasteiger charge is 2.22. The Hall–Kier alpha value is -0.870. The van der Waals surface area contributed by atoms with Crippen molar-refractivity contribution >= 4 is 0 Å². The van der Waals surface area contributed by atoms with Crippen molar-refractivity contribution in [3.05, 3.63) is 18.2 Å². The van der Waals surface area contributed by atoms with Crippen molar-refractivity contribution in [2.24, 2.45) is 5.73 Å². The van der Waals surface area contributed by atoms with Crippen molar-refractivity contribution in [3.63, 3.8) is 0 Å².